The smallest absolute Gasteiger partial charge is 0.185 e. The minimum absolute atomic E-state index is 0.108. The Morgan fingerprint density at radius 1 is 0.821 bits per heavy atom. The number of nitrogens with zero attached hydrogens (tertiary/aromatic N) is 1. The van der Waals surface area contributed by atoms with Gasteiger partial charge < -0.3 is 4.90 Å². The zero-order valence-electron chi connectivity index (χ0n) is 21.2. The lowest BCUT2D eigenvalue weighted by atomic mass is 9.64. The highest BCUT2D eigenvalue weighted by atomic mass is 79.9. The number of fused-ring (bicyclic) bond motifs is 5. The third kappa shape index (κ3) is 3.26. The van der Waals surface area contributed by atoms with Crippen molar-refractivity contribution in [3.05, 3.63) is 141 Å². The van der Waals surface area contributed by atoms with Crippen LogP contribution in [0.3, 0.4) is 0 Å². The van der Waals surface area contributed by atoms with Gasteiger partial charge in [-0.1, -0.05) is 106 Å². The number of hydrogen-bond acceptors (Lipinski definition) is 4. The number of carbonyl (C=O) groups is 3. The highest BCUT2D eigenvalue weighted by Gasteiger charge is 2.71. The Labute approximate surface area is 235 Å². The van der Waals surface area contributed by atoms with E-state index in [-0.39, 0.29) is 17.3 Å². The molecule has 5 heteroatoms. The largest absolute Gasteiger partial charge is 0.352 e. The van der Waals surface area contributed by atoms with E-state index in [0.29, 0.717) is 16.7 Å². The third-order valence-electron chi connectivity index (χ3n) is 8.52. The number of ketones is 3. The molecule has 0 N–H and O–H groups in total. The summed E-state index contributed by atoms with van der Waals surface area (Å²) < 4.78 is 0.884. The van der Waals surface area contributed by atoms with Crippen molar-refractivity contribution in [2.75, 3.05) is 4.90 Å². The number of Topliss-reactive ketones (excluding diaryl/α,β-unsaturated/α-hetero) is 3. The summed E-state index contributed by atoms with van der Waals surface area (Å²) >= 11 is 3.52. The molecule has 0 bridgehead atoms. The van der Waals surface area contributed by atoms with Gasteiger partial charge >= 0.3 is 0 Å². The van der Waals surface area contributed by atoms with Gasteiger partial charge in [0.15, 0.2) is 17.3 Å². The van der Waals surface area contributed by atoms with E-state index in [2.05, 4.69) is 26.9 Å². The molecule has 2 heterocycles. The monoisotopic (exact) mass is 573 g/mol. The molecule has 1 spiro atoms. The number of halogens is 1. The van der Waals surface area contributed by atoms with Crippen LogP contribution in [0.1, 0.15) is 53.7 Å². The summed E-state index contributed by atoms with van der Waals surface area (Å²) in [6.45, 7) is 2.03. The van der Waals surface area contributed by atoms with E-state index < -0.39 is 23.4 Å². The molecular formula is C34H24BrNO3. The number of anilines is 1. The molecule has 4 aromatic carbocycles. The molecule has 4 nitrogen and oxygen atoms in total. The second-order valence-electron chi connectivity index (χ2n) is 10.6. The Hall–Kier alpha value is -4.09. The highest BCUT2D eigenvalue weighted by molar-refractivity contribution is 9.10. The van der Waals surface area contributed by atoms with Crippen molar-refractivity contribution in [2.45, 2.75) is 24.9 Å². The molecule has 3 atom stereocenters. The summed E-state index contributed by atoms with van der Waals surface area (Å²) in [4.78, 5) is 45.8. The Morgan fingerprint density at radius 3 is 2.13 bits per heavy atom. The lowest BCUT2D eigenvalue weighted by Crippen LogP contribution is -2.48. The zero-order chi connectivity index (χ0) is 26.9. The molecule has 0 radical (unpaired) electrons. The average Bonchev–Trinajstić information content (AvgIpc) is 3.39. The number of carbonyl (C=O) groups excluding carboxylic acids is 3. The first-order chi connectivity index (χ1) is 18.9. The third-order valence-corrected chi connectivity index (χ3v) is 9.04. The van der Waals surface area contributed by atoms with E-state index >= 15 is 0 Å². The van der Waals surface area contributed by atoms with Gasteiger partial charge in [0.25, 0.3) is 0 Å². The summed E-state index contributed by atoms with van der Waals surface area (Å²) in [7, 11) is 0. The Kier molecular flexibility index (Phi) is 5.36. The molecule has 4 aromatic rings. The molecule has 2 aliphatic heterocycles. The average molecular weight is 574 g/mol. The topological polar surface area (TPSA) is 54.5 Å². The van der Waals surface area contributed by atoms with Gasteiger partial charge in [0, 0.05) is 32.8 Å². The maximum Gasteiger partial charge on any atom is 0.185 e. The van der Waals surface area contributed by atoms with Crippen LogP contribution in [0.25, 0.3) is 6.08 Å². The molecule has 7 rings (SSSR count). The molecule has 1 saturated heterocycles. The minimum atomic E-state index is -1.48. The van der Waals surface area contributed by atoms with Gasteiger partial charge in [-0.3, -0.25) is 14.4 Å². The molecule has 190 valence electrons. The first kappa shape index (κ1) is 24.0. The summed E-state index contributed by atoms with van der Waals surface area (Å²) in [6, 6.07) is 28.7. The van der Waals surface area contributed by atoms with Gasteiger partial charge in [0.1, 0.15) is 11.5 Å². The SMILES string of the molecule is Cc1ccc2c(c1)C=CC1N2C(C(=O)c2ccccc2)C(c2ccc(Br)cc2)C12C(=O)c1ccccc1C2=O. The van der Waals surface area contributed by atoms with Crippen LogP contribution in [-0.4, -0.2) is 29.4 Å². The Balaban J connectivity index is 1.55. The first-order valence-corrected chi connectivity index (χ1v) is 13.8. The fourth-order valence-corrected chi connectivity index (χ4v) is 7.18. The van der Waals surface area contributed by atoms with Gasteiger partial charge in [-0.25, -0.2) is 0 Å². The standard InChI is InChI=1S/C34H24BrNO3/c1-20-11-17-27-23(19-20)14-18-28-34(32(38)25-9-5-6-10-26(25)33(34)39)29(21-12-15-24(35)16-13-21)30(36(27)28)31(37)22-7-3-2-4-8-22/h2-19,28-30H,1H3. The summed E-state index contributed by atoms with van der Waals surface area (Å²) in [6.07, 6.45) is 3.97. The van der Waals surface area contributed by atoms with Gasteiger partial charge in [0.05, 0.1) is 6.04 Å². The van der Waals surface area contributed by atoms with E-state index in [1.165, 1.54) is 0 Å². The number of rotatable bonds is 3. The molecule has 0 saturated carbocycles. The number of benzene rings is 4. The molecule has 1 aliphatic carbocycles. The molecule has 0 aromatic heterocycles. The second kappa shape index (κ2) is 8.72. The maximum absolute atomic E-state index is 14.6. The molecule has 3 aliphatic rings. The number of aryl methyl sites for hydroxylation is 1. The van der Waals surface area contributed by atoms with Crippen LogP contribution >= 0.6 is 15.9 Å². The van der Waals surface area contributed by atoms with Gasteiger partial charge in [-0.15, -0.1) is 0 Å². The van der Waals surface area contributed by atoms with E-state index in [1.807, 2.05) is 85.8 Å². The number of hydrogen-bond donors (Lipinski definition) is 0. The zero-order valence-corrected chi connectivity index (χ0v) is 22.8. The summed E-state index contributed by atoms with van der Waals surface area (Å²) in [5.41, 5.74) is 3.66. The summed E-state index contributed by atoms with van der Waals surface area (Å²) in [5.74, 6) is -1.24. The first-order valence-electron chi connectivity index (χ1n) is 13.0. The summed E-state index contributed by atoms with van der Waals surface area (Å²) in [5, 5.41) is 0. The predicted molar refractivity (Wildman–Crippen MR) is 155 cm³/mol. The van der Waals surface area contributed by atoms with Crippen molar-refractivity contribution in [3.8, 4) is 0 Å². The molecule has 3 unspecified atom stereocenters. The van der Waals surface area contributed by atoms with Crippen molar-refractivity contribution in [3.63, 3.8) is 0 Å². The van der Waals surface area contributed by atoms with E-state index in [1.54, 1.807) is 24.3 Å². The van der Waals surface area contributed by atoms with Crippen molar-refractivity contribution in [1.29, 1.82) is 0 Å². The predicted octanol–water partition coefficient (Wildman–Crippen LogP) is 7.07. The Bertz CT molecular complexity index is 1670. The van der Waals surface area contributed by atoms with E-state index in [0.717, 1.165) is 26.9 Å². The van der Waals surface area contributed by atoms with Crippen molar-refractivity contribution < 1.29 is 14.4 Å². The van der Waals surface area contributed by atoms with Crippen LogP contribution in [0.15, 0.2) is 108 Å². The maximum atomic E-state index is 14.6. The fraction of sp³-hybridized carbons (Fsp3) is 0.147. The van der Waals surface area contributed by atoms with Crippen LogP contribution in [0, 0.1) is 12.3 Å². The van der Waals surface area contributed by atoms with Crippen molar-refractivity contribution in [1.82, 2.24) is 0 Å². The van der Waals surface area contributed by atoms with Crippen LogP contribution < -0.4 is 4.90 Å². The lowest BCUT2D eigenvalue weighted by Gasteiger charge is -2.37. The van der Waals surface area contributed by atoms with Crippen molar-refractivity contribution >= 4 is 45.0 Å². The Morgan fingerprint density at radius 2 is 1.46 bits per heavy atom. The second-order valence-corrected chi connectivity index (χ2v) is 11.5. The quantitative estimate of drug-likeness (QED) is 0.194. The van der Waals surface area contributed by atoms with E-state index in [4.69, 9.17) is 0 Å². The van der Waals surface area contributed by atoms with Crippen molar-refractivity contribution in [2.24, 2.45) is 5.41 Å². The lowest BCUT2D eigenvalue weighted by molar-refractivity contribution is 0.0666. The normalized spacial score (nSPS) is 22.1. The minimum Gasteiger partial charge on any atom is -0.352 e. The molecular weight excluding hydrogens is 550 g/mol. The van der Waals surface area contributed by atoms with Crippen LogP contribution in [0.4, 0.5) is 5.69 Å². The van der Waals surface area contributed by atoms with E-state index in [9.17, 15) is 14.4 Å². The van der Waals surface area contributed by atoms with Gasteiger partial charge in [-0.05, 0) is 42.3 Å². The molecule has 1 fully saturated rings. The van der Waals surface area contributed by atoms with Gasteiger partial charge in [-0.2, -0.15) is 0 Å². The van der Waals surface area contributed by atoms with Crippen LogP contribution in [0.2, 0.25) is 0 Å². The molecule has 0 amide bonds. The van der Waals surface area contributed by atoms with Gasteiger partial charge in [0.2, 0.25) is 0 Å². The van der Waals surface area contributed by atoms with Crippen LogP contribution in [-0.2, 0) is 0 Å². The molecule has 39 heavy (non-hydrogen) atoms. The fourth-order valence-electron chi connectivity index (χ4n) is 6.91. The van der Waals surface area contributed by atoms with Crippen LogP contribution in [0.5, 0.6) is 0 Å². The highest BCUT2D eigenvalue weighted by Crippen LogP contribution is 2.61.